The number of nitrogens with one attached hydrogen (secondary N) is 4. The molecule has 0 aliphatic carbocycles. The summed E-state index contributed by atoms with van der Waals surface area (Å²) in [5.74, 6) is 1.18. The fourth-order valence-electron chi connectivity index (χ4n) is 4.11. The average molecular weight is 553 g/mol. The van der Waals surface area contributed by atoms with E-state index in [1.54, 1.807) is 36.4 Å². The van der Waals surface area contributed by atoms with E-state index in [9.17, 15) is 9.59 Å². The van der Waals surface area contributed by atoms with Crippen LogP contribution in [0.3, 0.4) is 0 Å². The molecule has 0 bridgehead atoms. The van der Waals surface area contributed by atoms with Gasteiger partial charge in [0.2, 0.25) is 0 Å². The maximum atomic E-state index is 12.8. The standard InChI is InChI=1S/C28H33ClN6O4/c1-18-6-7-20(39-21-8-9-31-25(16-21)27(36)30-3)15-23(18)33-34-28(37)32-24-14-19(2)22(29)17-26(24)38-13-12-35-10-4-5-11-35/h6-9,14-17,33H,4-5,10-13H2,1-3H3,(H,30,36)(H2,32,34,37). The number of ether oxygens (including phenoxy) is 2. The smallest absolute Gasteiger partial charge is 0.337 e. The van der Waals surface area contributed by atoms with Gasteiger partial charge >= 0.3 is 6.03 Å². The summed E-state index contributed by atoms with van der Waals surface area (Å²) in [4.78, 5) is 31.0. The second kappa shape index (κ2) is 13.2. The number of halogens is 1. The highest BCUT2D eigenvalue weighted by molar-refractivity contribution is 6.31. The first-order valence-electron chi connectivity index (χ1n) is 12.8. The van der Waals surface area contributed by atoms with Gasteiger partial charge in [-0.05, 0) is 69.1 Å². The molecule has 3 aromatic rings. The lowest BCUT2D eigenvalue weighted by Gasteiger charge is -2.18. The number of aromatic nitrogens is 1. The Bertz CT molecular complexity index is 1330. The molecule has 10 nitrogen and oxygen atoms in total. The molecule has 1 aliphatic rings. The van der Waals surface area contributed by atoms with E-state index in [-0.39, 0.29) is 11.6 Å². The topological polar surface area (TPSA) is 117 Å². The van der Waals surface area contributed by atoms with Crippen LogP contribution in [0.1, 0.15) is 34.5 Å². The van der Waals surface area contributed by atoms with Crippen molar-refractivity contribution >= 4 is 34.9 Å². The molecule has 0 spiro atoms. The van der Waals surface area contributed by atoms with E-state index in [1.165, 1.54) is 26.1 Å². The third kappa shape index (κ3) is 7.75. The Labute approximate surface area is 233 Å². The van der Waals surface area contributed by atoms with Gasteiger partial charge in [-0.15, -0.1) is 0 Å². The monoisotopic (exact) mass is 552 g/mol. The summed E-state index contributed by atoms with van der Waals surface area (Å²) in [6.45, 7) is 7.26. The maximum Gasteiger partial charge on any atom is 0.337 e. The van der Waals surface area contributed by atoms with Gasteiger partial charge in [-0.3, -0.25) is 25.5 Å². The molecule has 2 heterocycles. The van der Waals surface area contributed by atoms with Crippen LogP contribution < -0.4 is 31.0 Å². The van der Waals surface area contributed by atoms with Crippen molar-refractivity contribution in [3.63, 3.8) is 0 Å². The number of benzene rings is 2. The van der Waals surface area contributed by atoms with E-state index < -0.39 is 6.03 Å². The number of hydrazine groups is 1. The molecule has 39 heavy (non-hydrogen) atoms. The zero-order valence-electron chi connectivity index (χ0n) is 22.3. The molecule has 11 heteroatoms. The van der Waals surface area contributed by atoms with Gasteiger partial charge < -0.3 is 20.1 Å². The first kappa shape index (κ1) is 28.0. The lowest BCUT2D eigenvalue weighted by molar-refractivity contribution is 0.0957. The van der Waals surface area contributed by atoms with Crippen molar-refractivity contribution < 1.29 is 19.1 Å². The second-order valence-electron chi connectivity index (χ2n) is 9.23. The lowest BCUT2D eigenvalue weighted by Crippen LogP contribution is -2.34. The number of urea groups is 1. The largest absolute Gasteiger partial charge is 0.490 e. The zero-order valence-corrected chi connectivity index (χ0v) is 23.0. The van der Waals surface area contributed by atoms with E-state index in [2.05, 4.69) is 31.4 Å². The summed E-state index contributed by atoms with van der Waals surface area (Å²) < 4.78 is 11.9. The SMILES string of the molecule is CNC(=O)c1cc(Oc2ccc(C)c(NNC(=O)Nc3cc(C)c(Cl)cc3OCCN3CCCC3)c2)ccn1. The molecule has 4 N–H and O–H groups in total. The minimum Gasteiger partial charge on any atom is -0.490 e. The minimum atomic E-state index is -0.476. The number of carbonyl (C=O) groups is 2. The number of amides is 3. The highest BCUT2D eigenvalue weighted by atomic mass is 35.5. The highest BCUT2D eigenvalue weighted by Gasteiger charge is 2.15. The van der Waals surface area contributed by atoms with Gasteiger partial charge in [0.05, 0.1) is 11.4 Å². The number of pyridine rings is 1. The maximum absolute atomic E-state index is 12.8. The first-order chi connectivity index (χ1) is 18.8. The summed E-state index contributed by atoms with van der Waals surface area (Å²) in [7, 11) is 1.54. The van der Waals surface area contributed by atoms with Crippen LogP contribution in [-0.2, 0) is 0 Å². The average Bonchev–Trinajstić information content (AvgIpc) is 3.45. The summed E-state index contributed by atoms with van der Waals surface area (Å²) >= 11 is 6.33. The van der Waals surface area contributed by atoms with Crippen molar-refractivity contribution in [1.29, 1.82) is 0 Å². The van der Waals surface area contributed by atoms with E-state index in [0.717, 1.165) is 30.8 Å². The predicted molar refractivity (Wildman–Crippen MR) is 152 cm³/mol. The van der Waals surface area contributed by atoms with E-state index in [1.807, 2.05) is 19.9 Å². The van der Waals surface area contributed by atoms with Crippen molar-refractivity contribution in [3.8, 4) is 17.2 Å². The Morgan fingerprint density at radius 2 is 1.77 bits per heavy atom. The van der Waals surface area contributed by atoms with Crippen molar-refractivity contribution in [2.24, 2.45) is 0 Å². The van der Waals surface area contributed by atoms with Crippen molar-refractivity contribution in [1.82, 2.24) is 20.6 Å². The number of likely N-dealkylation sites (tertiary alicyclic amines) is 1. The molecule has 0 saturated carbocycles. The molecule has 1 saturated heterocycles. The molecule has 1 aliphatic heterocycles. The van der Waals surface area contributed by atoms with Crippen LogP contribution in [0.15, 0.2) is 48.7 Å². The molecular formula is C28H33ClN6O4. The molecule has 4 rings (SSSR count). The number of nitrogens with zero attached hydrogens (tertiary/aromatic N) is 2. The Hall–Kier alpha value is -4.02. The number of hydrogen-bond donors (Lipinski definition) is 4. The molecule has 1 aromatic heterocycles. The van der Waals surface area contributed by atoms with E-state index in [0.29, 0.717) is 40.3 Å². The summed E-state index contributed by atoms with van der Waals surface area (Å²) in [5, 5.41) is 5.94. The third-order valence-electron chi connectivity index (χ3n) is 6.32. The quantitative estimate of drug-likeness (QED) is 0.258. The van der Waals surface area contributed by atoms with Gasteiger partial charge in [-0.2, -0.15) is 0 Å². The molecule has 2 aromatic carbocycles. The van der Waals surface area contributed by atoms with Crippen molar-refractivity contribution in [2.45, 2.75) is 26.7 Å². The molecule has 3 amide bonds. The number of rotatable bonds is 10. The molecule has 206 valence electrons. The molecule has 0 unspecified atom stereocenters. The fraction of sp³-hybridized carbons (Fsp3) is 0.321. The van der Waals surface area contributed by atoms with Crippen LogP contribution >= 0.6 is 11.6 Å². The Morgan fingerprint density at radius 3 is 2.54 bits per heavy atom. The summed E-state index contributed by atoms with van der Waals surface area (Å²) in [6, 6.07) is 11.6. The first-order valence-corrected chi connectivity index (χ1v) is 13.1. The van der Waals surface area contributed by atoms with Gasteiger partial charge in [-0.25, -0.2) is 4.79 Å². The van der Waals surface area contributed by atoms with E-state index >= 15 is 0 Å². The molecule has 0 radical (unpaired) electrons. The second-order valence-corrected chi connectivity index (χ2v) is 9.64. The fourth-order valence-corrected chi connectivity index (χ4v) is 4.26. The summed E-state index contributed by atoms with van der Waals surface area (Å²) in [5.41, 5.74) is 8.70. The number of anilines is 2. The van der Waals surface area contributed by atoms with Gasteiger partial charge in [0.25, 0.3) is 5.91 Å². The number of hydrogen-bond acceptors (Lipinski definition) is 7. The van der Waals surface area contributed by atoms with Gasteiger partial charge in [0, 0.05) is 43.0 Å². The van der Waals surface area contributed by atoms with Gasteiger partial charge in [0.1, 0.15) is 29.5 Å². The Kier molecular flexibility index (Phi) is 9.45. The van der Waals surface area contributed by atoms with Crippen molar-refractivity contribution in [2.75, 3.05) is 44.0 Å². The molecular weight excluding hydrogens is 520 g/mol. The van der Waals surface area contributed by atoms with Crippen molar-refractivity contribution in [3.05, 3.63) is 70.5 Å². The van der Waals surface area contributed by atoms with Gasteiger partial charge in [-0.1, -0.05) is 17.7 Å². The molecule has 1 fully saturated rings. The van der Waals surface area contributed by atoms with Gasteiger partial charge in [0.15, 0.2) is 0 Å². The lowest BCUT2D eigenvalue weighted by atomic mass is 10.2. The van der Waals surface area contributed by atoms with Crippen LogP contribution in [0, 0.1) is 13.8 Å². The van der Waals surface area contributed by atoms with Crippen LogP contribution in [-0.4, -0.2) is 55.1 Å². The van der Waals surface area contributed by atoms with Crippen LogP contribution in [0.5, 0.6) is 17.2 Å². The third-order valence-corrected chi connectivity index (χ3v) is 6.73. The zero-order chi connectivity index (χ0) is 27.8. The Morgan fingerprint density at radius 1 is 1.00 bits per heavy atom. The van der Waals surface area contributed by atoms with Crippen LogP contribution in [0.4, 0.5) is 16.2 Å². The molecule has 0 atom stereocenters. The Balaban J connectivity index is 1.37. The van der Waals surface area contributed by atoms with Crippen LogP contribution in [0.2, 0.25) is 5.02 Å². The number of carbonyl (C=O) groups excluding carboxylic acids is 2. The van der Waals surface area contributed by atoms with E-state index in [4.69, 9.17) is 21.1 Å². The normalized spacial score (nSPS) is 13.0. The number of aryl methyl sites for hydroxylation is 2. The highest BCUT2D eigenvalue weighted by Crippen LogP contribution is 2.31. The minimum absolute atomic E-state index is 0.246. The summed E-state index contributed by atoms with van der Waals surface area (Å²) in [6.07, 6.45) is 3.93. The van der Waals surface area contributed by atoms with Crippen LogP contribution in [0.25, 0.3) is 0 Å². The predicted octanol–water partition coefficient (Wildman–Crippen LogP) is 5.13.